The summed E-state index contributed by atoms with van der Waals surface area (Å²) >= 11 is 0. The summed E-state index contributed by atoms with van der Waals surface area (Å²) in [6, 6.07) is 5.67. The molecule has 4 N–H and O–H groups in total. The topological polar surface area (TPSA) is 113 Å². The fourth-order valence-electron chi connectivity index (χ4n) is 2.20. The summed E-state index contributed by atoms with van der Waals surface area (Å²) in [6.07, 6.45) is 0.459. The van der Waals surface area contributed by atoms with Crippen molar-refractivity contribution in [2.45, 2.75) is 6.42 Å². The Labute approximate surface area is 115 Å². The van der Waals surface area contributed by atoms with Crippen molar-refractivity contribution < 1.29 is 19.5 Å². The van der Waals surface area contributed by atoms with Crippen LogP contribution in [0.2, 0.25) is 0 Å². The summed E-state index contributed by atoms with van der Waals surface area (Å²) in [7, 11) is 0. The maximum absolute atomic E-state index is 12.2. The van der Waals surface area contributed by atoms with E-state index in [-0.39, 0.29) is 12.5 Å². The van der Waals surface area contributed by atoms with Crippen LogP contribution in [0.3, 0.4) is 0 Å². The van der Waals surface area contributed by atoms with Gasteiger partial charge in [-0.2, -0.15) is 0 Å². The number of nitrogens with two attached hydrogens (primary N) is 1. The molecule has 0 bridgehead atoms. The highest BCUT2D eigenvalue weighted by atomic mass is 16.4. The number of carboxylic acid groups (broad SMARTS) is 1. The van der Waals surface area contributed by atoms with Crippen molar-refractivity contribution >= 4 is 23.6 Å². The van der Waals surface area contributed by atoms with Crippen molar-refractivity contribution in [1.29, 1.82) is 0 Å². The zero-order valence-electron chi connectivity index (χ0n) is 10.7. The lowest BCUT2D eigenvalue weighted by Crippen LogP contribution is -2.30. The van der Waals surface area contributed by atoms with E-state index in [1.165, 1.54) is 11.0 Å². The maximum atomic E-state index is 12.2. The van der Waals surface area contributed by atoms with Crippen LogP contribution < -0.4 is 11.1 Å². The average molecular weight is 277 g/mol. The molecule has 0 spiro atoms. The smallest absolute Gasteiger partial charge is 0.316 e. The number of hydrogen-bond donors (Lipinski definition) is 3. The molecule has 1 aliphatic heterocycles. The second-order valence-corrected chi connectivity index (χ2v) is 4.65. The molecule has 1 saturated heterocycles. The number of nitrogens with one attached hydrogen (secondary N) is 1. The average Bonchev–Trinajstić information content (AvgIpc) is 2.87. The Morgan fingerprint density at radius 3 is 2.70 bits per heavy atom. The maximum Gasteiger partial charge on any atom is 0.316 e. The largest absolute Gasteiger partial charge is 0.481 e. The number of nitrogens with zero attached hydrogens (tertiary/aromatic N) is 1. The number of benzene rings is 1. The number of urea groups is 1. The number of anilines is 1. The predicted molar refractivity (Wildman–Crippen MR) is 71.3 cm³/mol. The Balaban J connectivity index is 2.10. The van der Waals surface area contributed by atoms with E-state index in [0.717, 1.165) is 0 Å². The van der Waals surface area contributed by atoms with Gasteiger partial charge in [-0.25, -0.2) is 4.79 Å². The molecule has 7 heteroatoms. The van der Waals surface area contributed by atoms with Gasteiger partial charge in [0.1, 0.15) is 0 Å². The molecule has 0 saturated carbocycles. The molecule has 1 fully saturated rings. The monoisotopic (exact) mass is 277 g/mol. The van der Waals surface area contributed by atoms with Crippen molar-refractivity contribution in [3.05, 3.63) is 29.8 Å². The van der Waals surface area contributed by atoms with Crippen LogP contribution >= 0.6 is 0 Å². The molecule has 1 atom stereocenters. The summed E-state index contributed by atoms with van der Waals surface area (Å²) in [5, 5.41) is 11.3. The number of primary amides is 1. The van der Waals surface area contributed by atoms with Gasteiger partial charge in [0, 0.05) is 24.3 Å². The minimum Gasteiger partial charge on any atom is -0.481 e. The van der Waals surface area contributed by atoms with Crippen LogP contribution in [0.25, 0.3) is 0 Å². The Morgan fingerprint density at radius 2 is 2.10 bits per heavy atom. The number of hydrogen-bond acceptors (Lipinski definition) is 3. The van der Waals surface area contributed by atoms with Gasteiger partial charge in [0.25, 0.3) is 5.91 Å². The first kappa shape index (κ1) is 13.9. The van der Waals surface area contributed by atoms with E-state index in [0.29, 0.717) is 24.2 Å². The van der Waals surface area contributed by atoms with Crippen molar-refractivity contribution in [2.75, 3.05) is 18.4 Å². The standard InChI is InChI=1S/C13H15N3O4/c14-13(20)15-10-3-1-2-8(6-10)11(17)16-5-4-9(7-16)12(18)19/h1-3,6,9H,4-5,7H2,(H,18,19)(H3,14,15,20). The molecule has 1 heterocycles. The molecule has 20 heavy (non-hydrogen) atoms. The van der Waals surface area contributed by atoms with Crippen molar-refractivity contribution in [3.8, 4) is 0 Å². The van der Waals surface area contributed by atoms with Crippen molar-refractivity contribution in [1.82, 2.24) is 4.90 Å². The number of carbonyl (C=O) groups is 3. The molecular formula is C13H15N3O4. The fraction of sp³-hybridized carbons (Fsp3) is 0.308. The molecule has 2 rings (SSSR count). The van der Waals surface area contributed by atoms with Gasteiger partial charge in [0.05, 0.1) is 5.92 Å². The first-order chi connectivity index (χ1) is 9.47. The third-order valence-electron chi connectivity index (χ3n) is 3.20. The first-order valence-electron chi connectivity index (χ1n) is 6.16. The summed E-state index contributed by atoms with van der Waals surface area (Å²) in [6.45, 7) is 0.630. The van der Waals surface area contributed by atoms with Crippen LogP contribution in [0.4, 0.5) is 10.5 Å². The molecule has 1 unspecified atom stereocenters. The molecular weight excluding hydrogens is 262 g/mol. The molecule has 7 nitrogen and oxygen atoms in total. The second kappa shape index (κ2) is 5.60. The summed E-state index contributed by atoms with van der Waals surface area (Å²) < 4.78 is 0. The lowest BCUT2D eigenvalue weighted by molar-refractivity contribution is -0.141. The summed E-state index contributed by atoms with van der Waals surface area (Å²) in [4.78, 5) is 35.4. The second-order valence-electron chi connectivity index (χ2n) is 4.65. The van der Waals surface area contributed by atoms with Crippen LogP contribution in [0.15, 0.2) is 24.3 Å². The Bertz CT molecular complexity index is 558. The quantitative estimate of drug-likeness (QED) is 0.755. The van der Waals surface area contributed by atoms with Gasteiger partial charge in [-0.3, -0.25) is 9.59 Å². The van der Waals surface area contributed by atoms with E-state index in [1.54, 1.807) is 18.2 Å². The summed E-state index contributed by atoms with van der Waals surface area (Å²) in [5.41, 5.74) is 5.83. The van der Waals surface area contributed by atoms with Gasteiger partial charge in [0.15, 0.2) is 0 Å². The molecule has 3 amide bonds. The highest BCUT2D eigenvalue weighted by Crippen LogP contribution is 2.20. The molecule has 0 aliphatic carbocycles. The zero-order valence-corrected chi connectivity index (χ0v) is 10.7. The molecule has 1 aliphatic rings. The molecule has 106 valence electrons. The van der Waals surface area contributed by atoms with Gasteiger partial charge in [0.2, 0.25) is 0 Å². The van der Waals surface area contributed by atoms with Gasteiger partial charge in [-0.15, -0.1) is 0 Å². The molecule has 1 aromatic carbocycles. The number of carbonyl (C=O) groups excluding carboxylic acids is 2. The van der Waals surface area contributed by atoms with Crippen molar-refractivity contribution in [3.63, 3.8) is 0 Å². The van der Waals surface area contributed by atoms with Crippen LogP contribution in [0.5, 0.6) is 0 Å². The van der Waals surface area contributed by atoms with E-state index in [2.05, 4.69) is 5.32 Å². The predicted octanol–water partition coefficient (Wildman–Crippen LogP) is 0.724. The van der Waals surface area contributed by atoms with Gasteiger partial charge in [-0.1, -0.05) is 6.07 Å². The van der Waals surface area contributed by atoms with E-state index in [9.17, 15) is 14.4 Å². The van der Waals surface area contributed by atoms with E-state index < -0.39 is 17.9 Å². The van der Waals surface area contributed by atoms with Gasteiger partial charge < -0.3 is 21.1 Å². The number of carboxylic acids is 1. The Kier molecular flexibility index (Phi) is 3.88. The van der Waals surface area contributed by atoms with Crippen LogP contribution in [-0.2, 0) is 4.79 Å². The van der Waals surface area contributed by atoms with E-state index in [4.69, 9.17) is 10.8 Å². The van der Waals surface area contributed by atoms with Crippen LogP contribution in [0.1, 0.15) is 16.8 Å². The number of likely N-dealkylation sites (tertiary alicyclic amines) is 1. The Hall–Kier alpha value is -2.57. The highest BCUT2D eigenvalue weighted by Gasteiger charge is 2.31. The Morgan fingerprint density at radius 1 is 1.35 bits per heavy atom. The zero-order chi connectivity index (χ0) is 14.7. The van der Waals surface area contributed by atoms with Crippen LogP contribution in [0, 0.1) is 5.92 Å². The highest BCUT2D eigenvalue weighted by molar-refractivity contribution is 5.97. The first-order valence-corrected chi connectivity index (χ1v) is 6.16. The fourth-order valence-corrected chi connectivity index (χ4v) is 2.20. The lowest BCUT2D eigenvalue weighted by Gasteiger charge is -2.16. The minimum absolute atomic E-state index is 0.210. The van der Waals surface area contributed by atoms with E-state index >= 15 is 0 Å². The number of amides is 3. The van der Waals surface area contributed by atoms with Gasteiger partial charge >= 0.3 is 12.0 Å². The third-order valence-corrected chi connectivity index (χ3v) is 3.20. The van der Waals surface area contributed by atoms with Crippen molar-refractivity contribution in [2.24, 2.45) is 11.7 Å². The van der Waals surface area contributed by atoms with E-state index in [1.807, 2.05) is 0 Å². The molecule has 1 aromatic rings. The SMILES string of the molecule is NC(=O)Nc1cccc(C(=O)N2CCC(C(=O)O)C2)c1. The normalized spacial score (nSPS) is 17.8. The minimum atomic E-state index is -0.885. The lowest BCUT2D eigenvalue weighted by atomic mass is 10.1. The number of aliphatic carboxylic acids is 1. The van der Waals surface area contributed by atoms with Crippen LogP contribution in [-0.4, -0.2) is 41.0 Å². The molecule has 0 aromatic heterocycles. The summed E-state index contributed by atoms with van der Waals surface area (Å²) in [5.74, 6) is -1.64. The van der Waals surface area contributed by atoms with Gasteiger partial charge in [-0.05, 0) is 24.6 Å². The number of rotatable bonds is 3. The molecule has 0 radical (unpaired) electrons. The third kappa shape index (κ3) is 3.05.